The summed E-state index contributed by atoms with van der Waals surface area (Å²) in [5.74, 6) is 1.17. The van der Waals surface area contributed by atoms with E-state index in [1.54, 1.807) is 24.1 Å². The summed E-state index contributed by atoms with van der Waals surface area (Å²) < 4.78 is 29.0. The van der Waals surface area contributed by atoms with E-state index in [0.717, 1.165) is 105 Å². The van der Waals surface area contributed by atoms with E-state index in [1.165, 1.54) is 18.4 Å². The number of benzene rings is 4. The number of hydrogen-bond acceptors (Lipinski definition) is 8. The summed E-state index contributed by atoms with van der Waals surface area (Å²) in [5, 5.41) is 13.1. The van der Waals surface area contributed by atoms with E-state index >= 15 is 4.39 Å². The van der Waals surface area contributed by atoms with E-state index < -0.39 is 11.9 Å². The molecule has 10 nitrogen and oxygen atoms in total. The highest BCUT2D eigenvalue weighted by Gasteiger charge is 2.51. The lowest BCUT2D eigenvalue weighted by Crippen LogP contribution is -2.52. The second-order valence-electron chi connectivity index (χ2n) is 19.6. The van der Waals surface area contributed by atoms with Crippen LogP contribution in [0.15, 0.2) is 66.7 Å². The number of carbonyl (C=O) groups is 3. The molecular formula is C51H54ClFN4O6. The van der Waals surface area contributed by atoms with Crippen LogP contribution in [0.4, 0.5) is 10.1 Å². The molecule has 4 fully saturated rings. The summed E-state index contributed by atoms with van der Waals surface area (Å²) in [6.07, 6.45) is 8.65. The number of piperidine rings is 3. The lowest BCUT2D eigenvalue weighted by Gasteiger charge is -2.54. The van der Waals surface area contributed by atoms with Gasteiger partial charge in [-0.05, 0) is 129 Å². The number of rotatable bonds is 7. The van der Waals surface area contributed by atoms with Crippen molar-refractivity contribution in [3.05, 3.63) is 117 Å². The highest BCUT2D eigenvalue weighted by Crippen LogP contribution is 2.56. The molecule has 5 heterocycles. The predicted molar refractivity (Wildman–Crippen MR) is 237 cm³/mol. The van der Waals surface area contributed by atoms with Crippen molar-refractivity contribution in [1.82, 2.24) is 15.1 Å². The number of hydrogen-bond donors (Lipinski definition) is 2. The number of anilines is 1. The molecule has 0 aromatic heterocycles. The summed E-state index contributed by atoms with van der Waals surface area (Å²) in [5.41, 5.74) is 7.33. The Morgan fingerprint density at radius 2 is 1.70 bits per heavy atom. The number of likely N-dealkylation sites (tertiary alicyclic amines) is 1. The molecule has 2 N–H and O–H groups in total. The lowest BCUT2D eigenvalue weighted by molar-refractivity contribution is -0.136. The molecule has 63 heavy (non-hydrogen) atoms. The number of phenolic OH excluding ortho intramolecular Hbond substituents is 1. The van der Waals surface area contributed by atoms with Crippen LogP contribution in [0.1, 0.15) is 113 Å². The summed E-state index contributed by atoms with van der Waals surface area (Å²) >= 11 is 6.85. The summed E-state index contributed by atoms with van der Waals surface area (Å²) in [6.45, 7) is 5.46. The highest BCUT2D eigenvalue weighted by molar-refractivity contribution is 6.34. The topological polar surface area (TPSA) is 112 Å². The first-order valence-electron chi connectivity index (χ1n) is 22.9. The van der Waals surface area contributed by atoms with Crippen molar-refractivity contribution in [2.45, 2.75) is 94.0 Å². The van der Waals surface area contributed by atoms with Crippen LogP contribution < -0.4 is 19.7 Å². The maximum Gasteiger partial charge on any atom is 0.256 e. The minimum absolute atomic E-state index is 0.106. The Kier molecular flexibility index (Phi) is 10.0. The maximum absolute atomic E-state index is 16.5. The summed E-state index contributed by atoms with van der Waals surface area (Å²) in [6, 6.07) is 21.0. The number of halogens is 2. The molecule has 0 unspecified atom stereocenters. The normalized spacial score (nSPS) is 25.1. The fraction of sp³-hybridized carbons (Fsp3) is 0.471. The van der Waals surface area contributed by atoms with Crippen molar-refractivity contribution in [1.29, 1.82) is 0 Å². The minimum atomic E-state index is -0.700. The number of imide groups is 1. The van der Waals surface area contributed by atoms with Crippen molar-refractivity contribution in [2.75, 3.05) is 51.3 Å². The van der Waals surface area contributed by atoms with Gasteiger partial charge in [-0.3, -0.25) is 19.7 Å². The van der Waals surface area contributed by atoms with Crippen molar-refractivity contribution >= 4 is 35.0 Å². The number of phenols is 1. The van der Waals surface area contributed by atoms with Crippen LogP contribution in [0, 0.1) is 17.2 Å². The molecule has 0 bridgehead atoms. The van der Waals surface area contributed by atoms with Gasteiger partial charge in [0.2, 0.25) is 11.8 Å². The minimum Gasteiger partial charge on any atom is -0.508 e. The molecule has 3 saturated heterocycles. The molecule has 3 amide bonds. The third-order valence-electron chi connectivity index (χ3n) is 16.2. The van der Waals surface area contributed by atoms with Crippen LogP contribution in [-0.4, -0.2) is 85.1 Å². The first kappa shape index (κ1) is 40.6. The molecule has 328 valence electrons. The van der Waals surface area contributed by atoms with Crippen molar-refractivity contribution in [3.63, 3.8) is 0 Å². The second kappa shape index (κ2) is 15.5. The van der Waals surface area contributed by atoms with Gasteiger partial charge in [-0.2, -0.15) is 0 Å². The number of fused-ring (bicyclic) bond motifs is 5. The lowest BCUT2D eigenvalue weighted by atomic mass is 9.57. The molecule has 4 aromatic carbocycles. The van der Waals surface area contributed by atoms with E-state index in [2.05, 4.69) is 39.4 Å². The Labute approximate surface area is 372 Å². The Balaban J connectivity index is 0.719. The van der Waals surface area contributed by atoms with Crippen LogP contribution in [0.3, 0.4) is 0 Å². The van der Waals surface area contributed by atoms with Gasteiger partial charge in [-0.15, -0.1) is 0 Å². The number of nitrogens with one attached hydrogen (secondary N) is 1. The standard InChI is InChI=1S/C51H54ClFN4O6/c1-62-43-24-42(40(53)22-36(43)45-34(31-5-3-2-4-6-31)9-7-32-21-33(58)8-10-35(32)45)56-19-13-50(14-20-56)25-30(26-50)27-55-17-15-51(16-18-55)29-63-47-37-28-57(41-11-12-44(59)54-48(41)60)49(61)46(37)39(52)23-38(47)51/h2-6,8,10,21-24,30,34,41,45,58H,7,9,11-20,25-29H2,1H3,(H,54,59,60)/t34-,41+,45+/m1/s1. The molecule has 3 atom stereocenters. The number of carbonyl (C=O) groups excluding carboxylic acids is 3. The zero-order valence-electron chi connectivity index (χ0n) is 35.8. The van der Waals surface area contributed by atoms with E-state index in [1.807, 2.05) is 30.3 Å². The van der Waals surface area contributed by atoms with Gasteiger partial charge in [-0.1, -0.05) is 48.0 Å². The first-order valence-corrected chi connectivity index (χ1v) is 23.2. The van der Waals surface area contributed by atoms with Gasteiger partial charge in [-0.25, -0.2) is 4.39 Å². The summed E-state index contributed by atoms with van der Waals surface area (Å²) in [7, 11) is 1.69. The average Bonchev–Trinajstić information content (AvgIpc) is 3.81. The van der Waals surface area contributed by atoms with Crippen LogP contribution in [-0.2, 0) is 28.0 Å². The Hall–Kier alpha value is -5.13. The van der Waals surface area contributed by atoms with Crippen LogP contribution in [0.25, 0.3) is 0 Å². The van der Waals surface area contributed by atoms with Gasteiger partial charge < -0.3 is 29.3 Å². The molecule has 2 aliphatic carbocycles. The number of nitrogens with zero attached hydrogens (tertiary/aromatic N) is 3. The van der Waals surface area contributed by atoms with Gasteiger partial charge >= 0.3 is 0 Å². The number of methoxy groups -OCH3 is 1. The molecule has 1 saturated carbocycles. The first-order chi connectivity index (χ1) is 30.5. The largest absolute Gasteiger partial charge is 0.508 e. The Bertz CT molecular complexity index is 2510. The zero-order valence-corrected chi connectivity index (χ0v) is 36.5. The monoisotopic (exact) mass is 872 g/mol. The van der Waals surface area contributed by atoms with Gasteiger partial charge in [0.25, 0.3) is 5.91 Å². The summed E-state index contributed by atoms with van der Waals surface area (Å²) in [4.78, 5) is 44.4. The molecule has 12 heteroatoms. The number of amides is 3. The van der Waals surface area contributed by atoms with E-state index in [9.17, 15) is 19.5 Å². The zero-order chi connectivity index (χ0) is 43.2. The van der Waals surface area contributed by atoms with E-state index in [-0.39, 0.29) is 53.6 Å². The van der Waals surface area contributed by atoms with Gasteiger partial charge in [0.1, 0.15) is 29.1 Å². The van der Waals surface area contributed by atoms with E-state index in [4.69, 9.17) is 21.1 Å². The molecule has 11 rings (SSSR count). The van der Waals surface area contributed by atoms with E-state index in [0.29, 0.717) is 46.4 Å². The molecule has 7 aliphatic rings. The number of ether oxygens (including phenoxy) is 2. The average molecular weight is 873 g/mol. The third kappa shape index (κ3) is 6.87. The second-order valence-corrected chi connectivity index (χ2v) is 20.0. The van der Waals surface area contributed by atoms with Crippen LogP contribution in [0.2, 0.25) is 5.02 Å². The number of aromatic hydroxyl groups is 1. The molecular weight excluding hydrogens is 819 g/mol. The molecule has 5 aliphatic heterocycles. The third-order valence-corrected chi connectivity index (χ3v) is 16.5. The fourth-order valence-electron chi connectivity index (χ4n) is 12.9. The van der Waals surface area contributed by atoms with Gasteiger partial charge in [0.05, 0.1) is 36.5 Å². The smallest absolute Gasteiger partial charge is 0.256 e. The highest BCUT2D eigenvalue weighted by atomic mass is 35.5. The number of aryl methyl sites for hydroxylation is 1. The van der Waals surface area contributed by atoms with Gasteiger partial charge in [0.15, 0.2) is 0 Å². The van der Waals surface area contributed by atoms with Crippen LogP contribution >= 0.6 is 11.6 Å². The van der Waals surface area contributed by atoms with Gasteiger partial charge in [0, 0.05) is 60.1 Å². The predicted octanol–water partition coefficient (Wildman–Crippen LogP) is 8.24. The van der Waals surface area contributed by atoms with Crippen molar-refractivity contribution in [3.8, 4) is 17.2 Å². The van der Waals surface area contributed by atoms with Crippen molar-refractivity contribution in [2.24, 2.45) is 11.3 Å². The molecule has 0 radical (unpaired) electrons. The quantitative estimate of drug-likeness (QED) is 0.179. The SMILES string of the molecule is COc1cc(N2CCC3(CC2)CC(CN2CCC4(CC2)COc2c4cc(Cl)c4c2CN([C@H]2CCC(=O)NC2=O)C4=O)C3)c(F)cc1[C@@H]1c2ccc(O)cc2CC[C@@H]1c1ccccc1. The maximum atomic E-state index is 16.5. The van der Waals surface area contributed by atoms with Crippen molar-refractivity contribution < 1.29 is 33.4 Å². The Morgan fingerprint density at radius 1 is 0.921 bits per heavy atom. The molecule has 4 aromatic rings. The molecule has 2 spiro atoms. The van der Waals surface area contributed by atoms with Crippen LogP contribution in [0.5, 0.6) is 17.2 Å². The fourth-order valence-corrected chi connectivity index (χ4v) is 13.2. The Morgan fingerprint density at radius 3 is 2.44 bits per heavy atom.